The summed E-state index contributed by atoms with van der Waals surface area (Å²) < 4.78 is 31.0. The molecule has 4 aromatic rings. The van der Waals surface area contributed by atoms with Crippen molar-refractivity contribution in [3.05, 3.63) is 78.7 Å². The number of ether oxygens (including phenoxy) is 3. The predicted molar refractivity (Wildman–Crippen MR) is 119 cm³/mol. The number of primary amides is 1. The van der Waals surface area contributed by atoms with Crippen molar-refractivity contribution in [2.24, 2.45) is 5.73 Å². The maximum absolute atomic E-state index is 14.2. The summed E-state index contributed by atoms with van der Waals surface area (Å²) in [7, 11) is 3.11. The minimum absolute atomic E-state index is 0.0647. The fourth-order valence-corrected chi connectivity index (χ4v) is 3.34. The summed E-state index contributed by atoms with van der Waals surface area (Å²) >= 11 is 0. The van der Waals surface area contributed by atoms with Gasteiger partial charge in [-0.15, -0.1) is 0 Å². The van der Waals surface area contributed by atoms with Gasteiger partial charge in [0, 0.05) is 17.6 Å². The van der Waals surface area contributed by atoms with Gasteiger partial charge < -0.3 is 19.9 Å². The van der Waals surface area contributed by atoms with Crippen molar-refractivity contribution in [3.63, 3.8) is 0 Å². The van der Waals surface area contributed by atoms with Crippen LogP contribution < -0.4 is 24.8 Å². The molecule has 0 saturated heterocycles. The summed E-state index contributed by atoms with van der Waals surface area (Å²) in [5, 5.41) is 0.736. The fourth-order valence-electron chi connectivity index (χ4n) is 3.34. The first-order valence-corrected chi connectivity index (χ1v) is 9.64. The van der Waals surface area contributed by atoms with Crippen molar-refractivity contribution in [3.8, 4) is 23.0 Å². The molecule has 1 heterocycles. The Morgan fingerprint density at radius 1 is 0.938 bits per heavy atom. The van der Waals surface area contributed by atoms with Gasteiger partial charge in [0.1, 0.15) is 17.3 Å². The molecular formula is C24H20FN3O4. The number of methoxy groups -OCH3 is 2. The molecule has 0 aliphatic carbocycles. The zero-order valence-electron chi connectivity index (χ0n) is 17.4. The molecule has 2 N–H and O–H groups in total. The number of pyridine rings is 1. The molecule has 0 aliphatic rings. The summed E-state index contributed by atoms with van der Waals surface area (Å²) in [4.78, 5) is 17.5. The normalized spacial score (nSPS) is 10.6. The number of para-hydroxylation sites is 1. The summed E-state index contributed by atoms with van der Waals surface area (Å²) in [5.74, 6) is 1.63. The average Bonchev–Trinajstić information content (AvgIpc) is 2.80. The smallest absolute Gasteiger partial charge is 0.323 e. The second-order valence-electron chi connectivity index (χ2n) is 6.75. The van der Waals surface area contributed by atoms with Crippen LogP contribution in [-0.2, 0) is 0 Å². The topological polar surface area (TPSA) is 86.9 Å². The minimum atomic E-state index is -0.801. The number of carbonyl (C=O) groups is 1. The number of nitrogens with two attached hydrogens (primary N) is 1. The lowest BCUT2D eigenvalue weighted by Crippen LogP contribution is -2.32. The fraction of sp³-hybridized carbons (Fsp3) is 0.0833. The SMILES string of the molecule is COc1cc2nccc(Oc3ccc(N(C(N)=O)c4ccccc4F)cc3)c2cc1OC. The number of amides is 2. The van der Waals surface area contributed by atoms with E-state index in [-0.39, 0.29) is 5.69 Å². The van der Waals surface area contributed by atoms with Crippen LogP contribution in [0.4, 0.5) is 20.6 Å². The molecule has 7 nitrogen and oxygen atoms in total. The third kappa shape index (κ3) is 3.98. The number of urea groups is 1. The van der Waals surface area contributed by atoms with Gasteiger partial charge in [-0.25, -0.2) is 9.18 Å². The van der Waals surface area contributed by atoms with Crippen molar-refractivity contribution in [2.45, 2.75) is 0 Å². The van der Waals surface area contributed by atoms with E-state index in [2.05, 4.69) is 4.98 Å². The van der Waals surface area contributed by atoms with Crippen molar-refractivity contribution in [1.29, 1.82) is 0 Å². The van der Waals surface area contributed by atoms with E-state index in [1.54, 1.807) is 75.0 Å². The maximum Gasteiger partial charge on any atom is 0.323 e. The Morgan fingerprint density at radius 3 is 2.28 bits per heavy atom. The Hall–Kier alpha value is -4.33. The molecule has 0 radical (unpaired) electrons. The Labute approximate surface area is 183 Å². The number of fused-ring (bicyclic) bond motifs is 1. The van der Waals surface area contributed by atoms with Gasteiger partial charge in [-0.05, 0) is 48.5 Å². The monoisotopic (exact) mass is 433 g/mol. The Bertz CT molecular complexity index is 1280. The first-order valence-electron chi connectivity index (χ1n) is 9.64. The van der Waals surface area contributed by atoms with E-state index >= 15 is 0 Å². The molecule has 0 fully saturated rings. The number of aromatic nitrogens is 1. The molecule has 4 rings (SSSR count). The number of rotatable bonds is 6. The van der Waals surface area contributed by atoms with Gasteiger partial charge >= 0.3 is 6.03 Å². The summed E-state index contributed by atoms with van der Waals surface area (Å²) in [5.41, 5.74) is 6.65. The molecule has 0 spiro atoms. The summed E-state index contributed by atoms with van der Waals surface area (Å²) in [6.07, 6.45) is 1.63. The standard InChI is InChI=1S/C24H20FN3O4/c1-30-22-13-17-19(14-23(22)31-2)27-12-11-21(17)32-16-9-7-15(8-10-16)28(24(26)29)20-6-4-3-5-18(20)25/h3-14H,1-2H3,(H2,26,29). The van der Waals surface area contributed by atoms with E-state index in [9.17, 15) is 9.18 Å². The van der Waals surface area contributed by atoms with E-state index in [0.717, 1.165) is 10.3 Å². The van der Waals surface area contributed by atoms with Crippen molar-refractivity contribution < 1.29 is 23.4 Å². The third-order valence-corrected chi connectivity index (χ3v) is 4.84. The first kappa shape index (κ1) is 20.9. The van der Waals surface area contributed by atoms with E-state index in [4.69, 9.17) is 19.9 Å². The molecule has 0 aliphatic heterocycles. The molecule has 162 valence electrons. The van der Waals surface area contributed by atoms with Crippen LogP contribution in [0, 0.1) is 5.82 Å². The van der Waals surface area contributed by atoms with E-state index in [1.807, 2.05) is 0 Å². The summed E-state index contributed by atoms with van der Waals surface area (Å²) in [6, 6.07) is 17.0. The largest absolute Gasteiger partial charge is 0.493 e. The van der Waals surface area contributed by atoms with Crippen LogP contribution in [0.1, 0.15) is 0 Å². The Kier molecular flexibility index (Phi) is 5.76. The van der Waals surface area contributed by atoms with Crippen LogP contribution in [0.15, 0.2) is 72.9 Å². The quantitative estimate of drug-likeness (QED) is 0.440. The van der Waals surface area contributed by atoms with Crippen LogP contribution in [0.2, 0.25) is 0 Å². The number of anilines is 2. The van der Waals surface area contributed by atoms with Gasteiger partial charge in [-0.2, -0.15) is 0 Å². The number of halogens is 1. The van der Waals surface area contributed by atoms with Gasteiger partial charge in [0.05, 0.1) is 31.1 Å². The summed E-state index contributed by atoms with van der Waals surface area (Å²) in [6.45, 7) is 0. The van der Waals surface area contributed by atoms with Crippen molar-refractivity contribution in [2.75, 3.05) is 19.1 Å². The van der Waals surface area contributed by atoms with Gasteiger partial charge in [0.2, 0.25) is 0 Å². The lowest BCUT2D eigenvalue weighted by atomic mass is 10.1. The third-order valence-electron chi connectivity index (χ3n) is 4.84. The second kappa shape index (κ2) is 8.81. The molecule has 2 amide bonds. The zero-order valence-corrected chi connectivity index (χ0v) is 17.4. The first-order chi connectivity index (χ1) is 15.5. The van der Waals surface area contributed by atoms with Gasteiger partial charge in [-0.1, -0.05) is 12.1 Å². The van der Waals surface area contributed by atoms with Crippen LogP contribution in [0.5, 0.6) is 23.0 Å². The van der Waals surface area contributed by atoms with Gasteiger partial charge in [0.25, 0.3) is 0 Å². The highest BCUT2D eigenvalue weighted by Crippen LogP contribution is 2.37. The van der Waals surface area contributed by atoms with Crippen molar-refractivity contribution in [1.82, 2.24) is 4.98 Å². The number of benzene rings is 3. The molecule has 0 saturated carbocycles. The second-order valence-corrected chi connectivity index (χ2v) is 6.75. The van der Waals surface area contributed by atoms with Gasteiger partial charge in [0.15, 0.2) is 11.5 Å². The molecule has 8 heteroatoms. The molecule has 1 aromatic heterocycles. The predicted octanol–water partition coefficient (Wildman–Crippen LogP) is 5.40. The highest BCUT2D eigenvalue weighted by atomic mass is 19.1. The van der Waals surface area contributed by atoms with E-state index in [0.29, 0.717) is 34.2 Å². The molecule has 0 unspecified atom stereocenters. The average molecular weight is 433 g/mol. The van der Waals surface area contributed by atoms with Gasteiger partial charge in [-0.3, -0.25) is 9.88 Å². The lowest BCUT2D eigenvalue weighted by molar-refractivity contribution is 0.256. The van der Waals surface area contributed by atoms with Crippen LogP contribution in [-0.4, -0.2) is 25.2 Å². The number of hydrogen-bond acceptors (Lipinski definition) is 5. The number of carbonyl (C=O) groups excluding carboxylic acids is 1. The number of hydrogen-bond donors (Lipinski definition) is 1. The Balaban J connectivity index is 1.66. The van der Waals surface area contributed by atoms with Crippen molar-refractivity contribution >= 4 is 28.3 Å². The molecule has 0 atom stereocenters. The molecule has 0 bridgehead atoms. The molecule has 32 heavy (non-hydrogen) atoms. The highest BCUT2D eigenvalue weighted by Gasteiger charge is 2.19. The van der Waals surface area contributed by atoms with E-state index < -0.39 is 11.8 Å². The van der Waals surface area contributed by atoms with Crippen LogP contribution in [0.3, 0.4) is 0 Å². The van der Waals surface area contributed by atoms with E-state index in [1.165, 1.54) is 12.1 Å². The molecular weight excluding hydrogens is 413 g/mol. The molecule has 3 aromatic carbocycles. The zero-order chi connectivity index (χ0) is 22.7. The minimum Gasteiger partial charge on any atom is -0.493 e. The highest BCUT2D eigenvalue weighted by molar-refractivity contribution is 5.98. The van der Waals surface area contributed by atoms with Crippen LogP contribution in [0.25, 0.3) is 10.9 Å². The Morgan fingerprint density at radius 2 is 1.62 bits per heavy atom. The lowest BCUT2D eigenvalue weighted by Gasteiger charge is -2.21. The maximum atomic E-state index is 14.2. The van der Waals surface area contributed by atoms with Crippen LogP contribution >= 0.6 is 0 Å². The number of nitrogens with zero attached hydrogens (tertiary/aromatic N) is 2.